The molecule has 0 amide bonds. The summed E-state index contributed by atoms with van der Waals surface area (Å²) < 4.78 is 0. The van der Waals surface area contributed by atoms with Crippen molar-refractivity contribution in [2.45, 2.75) is 32.0 Å². The van der Waals surface area contributed by atoms with Gasteiger partial charge in [0.15, 0.2) is 0 Å². The Morgan fingerprint density at radius 3 is 2.33 bits per heavy atom. The minimum absolute atomic E-state index is 0.120. The van der Waals surface area contributed by atoms with Crippen molar-refractivity contribution < 1.29 is 10.2 Å². The lowest BCUT2D eigenvalue weighted by Crippen LogP contribution is -2.40. The normalized spacial score (nSPS) is 17.1. The zero-order chi connectivity index (χ0) is 11.3. The fourth-order valence-electron chi connectivity index (χ4n) is 1.50. The molecule has 15 heavy (non-hydrogen) atoms. The van der Waals surface area contributed by atoms with Gasteiger partial charge < -0.3 is 15.5 Å². The van der Waals surface area contributed by atoms with E-state index in [1.165, 1.54) is 5.56 Å². The van der Waals surface area contributed by atoms with Gasteiger partial charge in [-0.15, -0.1) is 0 Å². The van der Waals surface area contributed by atoms with Crippen LogP contribution >= 0.6 is 0 Å². The van der Waals surface area contributed by atoms with Crippen LogP contribution in [0.15, 0.2) is 30.3 Å². The molecule has 3 nitrogen and oxygen atoms in total. The van der Waals surface area contributed by atoms with Crippen LogP contribution in [0, 0.1) is 0 Å². The van der Waals surface area contributed by atoms with Gasteiger partial charge in [-0.2, -0.15) is 0 Å². The third kappa shape index (κ3) is 3.63. The van der Waals surface area contributed by atoms with Crippen LogP contribution in [0.1, 0.15) is 25.5 Å². The number of nitrogens with one attached hydrogen (secondary N) is 1. The molecule has 0 aliphatic rings. The summed E-state index contributed by atoms with van der Waals surface area (Å²) in [6, 6.07) is 10.1. The lowest BCUT2D eigenvalue weighted by Gasteiger charge is -2.23. The Labute approximate surface area is 90.8 Å². The van der Waals surface area contributed by atoms with Crippen molar-refractivity contribution in [3.63, 3.8) is 0 Å². The average molecular weight is 209 g/mol. The predicted molar refractivity (Wildman–Crippen MR) is 60.5 cm³/mol. The topological polar surface area (TPSA) is 52.5 Å². The molecule has 1 rings (SSSR count). The molecule has 0 heterocycles. The van der Waals surface area contributed by atoms with Gasteiger partial charge in [-0.3, -0.25) is 0 Å². The van der Waals surface area contributed by atoms with Gasteiger partial charge in [-0.05, 0) is 19.4 Å². The quantitative estimate of drug-likeness (QED) is 0.680. The van der Waals surface area contributed by atoms with Crippen molar-refractivity contribution in [2.75, 3.05) is 6.61 Å². The summed E-state index contributed by atoms with van der Waals surface area (Å²) in [5.74, 6) is 0. The first-order valence-corrected chi connectivity index (χ1v) is 5.25. The van der Waals surface area contributed by atoms with E-state index < -0.39 is 6.10 Å². The lowest BCUT2D eigenvalue weighted by atomic mass is 10.1. The number of aliphatic hydroxyl groups is 2. The SMILES string of the molecule is C[C@@H](N[C@H](C)[C@@H](O)CO)c1ccccc1. The molecule has 0 spiro atoms. The standard InChI is InChI=1S/C12H19NO2/c1-9(11-6-4-3-5-7-11)13-10(2)12(15)8-14/h3-7,9-10,12-15H,8H2,1-2H3/t9-,10-,12+/m1/s1. The van der Waals surface area contributed by atoms with Crippen LogP contribution in [0.25, 0.3) is 0 Å². The molecule has 0 fully saturated rings. The summed E-state index contributed by atoms with van der Waals surface area (Å²) in [7, 11) is 0. The number of benzene rings is 1. The first-order chi connectivity index (χ1) is 7.15. The second kappa shape index (κ2) is 5.85. The van der Waals surface area contributed by atoms with Gasteiger partial charge in [0.2, 0.25) is 0 Å². The van der Waals surface area contributed by atoms with Gasteiger partial charge in [0, 0.05) is 12.1 Å². The maximum atomic E-state index is 9.41. The van der Waals surface area contributed by atoms with Crippen LogP contribution in [0.5, 0.6) is 0 Å². The number of rotatable bonds is 5. The van der Waals surface area contributed by atoms with E-state index in [0.717, 1.165) is 0 Å². The van der Waals surface area contributed by atoms with Gasteiger partial charge in [0.25, 0.3) is 0 Å². The molecule has 3 atom stereocenters. The third-order valence-corrected chi connectivity index (χ3v) is 2.58. The summed E-state index contributed by atoms with van der Waals surface area (Å²) in [5.41, 5.74) is 1.18. The average Bonchev–Trinajstić information content (AvgIpc) is 2.29. The van der Waals surface area contributed by atoms with E-state index >= 15 is 0 Å². The van der Waals surface area contributed by atoms with Crippen molar-refractivity contribution in [1.29, 1.82) is 0 Å². The molecule has 0 radical (unpaired) electrons. The Balaban J connectivity index is 2.52. The van der Waals surface area contributed by atoms with E-state index in [0.29, 0.717) is 0 Å². The highest BCUT2D eigenvalue weighted by molar-refractivity contribution is 5.18. The Morgan fingerprint density at radius 1 is 1.20 bits per heavy atom. The molecule has 1 aromatic rings. The maximum absolute atomic E-state index is 9.41. The summed E-state index contributed by atoms with van der Waals surface area (Å²) in [6.45, 7) is 3.69. The van der Waals surface area contributed by atoms with Gasteiger partial charge in [0.05, 0.1) is 12.7 Å². The van der Waals surface area contributed by atoms with Crippen molar-refractivity contribution in [1.82, 2.24) is 5.32 Å². The first kappa shape index (κ1) is 12.2. The highest BCUT2D eigenvalue weighted by Crippen LogP contribution is 2.12. The van der Waals surface area contributed by atoms with E-state index in [1.54, 1.807) is 0 Å². The Bertz CT molecular complexity index is 276. The smallest absolute Gasteiger partial charge is 0.0920 e. The minimum Gasteiger partial charge on any atom is -0.394 e. The van der Waals surface area contributed by atoms with Crippen molar-refractivity contribution in [2.24, 2.45) is 0 Å². The molecule has 0 bridgehead atoms. The Kier molecular flexibility index (Phi) is 4.75. The van der Waals surface area contributed by atoms with E-state index in [1.807, 2.05) is 44.2 Å². The Hall–Kier alpha value is -0.900. The van der Waals surface area contributed by atoms with Crippen molar-refractivity contribution in [3.05, 3.63) is 35.9 Å². The molecule has 0 saturated heterocycles. The number of hydrogen-bond acceptors (Lipinski definition) is 3. The lowest BCUT2D eigenvalue weighted by molar-refractivity contribution is 0.0649. The van der Waals surface area contributed by atoms with E-state index in [9.17, 15) is 5.11 Å². The first-order valence-electron chi connectivity index (χ1n) is 5.25. The molecular weight excluding hydrogens is 190 g/mol. The number of hydrogen-bond donors (Lipinski definition) is 3. The highest BCUT2D eigenvalue weighted by atomic mass is 16.3. The van der Waals surface area contributed by atoms with E-state index in [2.05, 4.69) is 5.32 Å². The molecule has 3 N–H and O–H groups in total. The van der Waals surface area contributed by atoms with Crippen LogP contribution in [0.2, 0.25) is 0 Å². The van der Waals surface area contributed by atoms with Gasteiger partial charge in [-0.25, -0.2) is 0 Å². The largest absolute Gasteiger partial charge is 0.394 e. The van der Waals surface area contributed by atoms with Crippen LogP contribution in [0.3, 0.4) is 0 Å². The van der Waals surface area contributed by atoms with Crippen LogP contribution in [-0.4, -0.2) is 29.0 Å². The zero-order valence-corrected chi connectivity index (χ0v) is 9.22. The molecule has 0 aliphatic carbocycles. The molecule has 1 aromatic carbocycles. The minimum atomic E-state index is -0.712. The van der Waals surface area contributed by atoms with Crippen molar-refractivity contribution >= 4 is 0 Å². The zero-order valence-electron chi connectivity index (χ0n) is 9.22. The monoisotopic (exact) mass is 209 g/mol. The van der Waals surface area contributed by atoms with Crippen LogP contribution in [0.4, 0.5) is 0 Å². The molecule has 84 valence electrons. The summed E-state index contributed by atoms with van der Waals surface area (Å²) in [5, 5.41) is 21.4. The summed E-state index contributed by atoms with van der Waals surface area (Å²) in [6.07, 6.45) is -0.712. The second-order valence-corrected chi connectivity index (χ2v) is 3.84. The van der Waals surface area contributed by atoms with Gasteiger partial charge in [-0.1, -0.05) is 30.3 Å². The maximum Gasteiger partial charge on any atom is 0.0920 e. The van der Waals surface area contributed by atoms with E-state index in [-0.39, 0.29) is 18.7 Å². The van der Waals surface area contributed by atoms with Gasteiger partial charge >= 0.3 is 0 Å². The highest BCUT2D eigenvalue weighted by Gasteiger charge is 2.15. The summed E-state index contributed by atoms with van der Waals surface area (Å²) >= 11 is 0. The van der Waals surface area contributed by atoms with E-state index in [4.69, 9.17) is 5.11 Å². The molecule has 0 saturated carbocycles. The molecule has 0 aliphatic heterocycles. The second-order valence-electron chi connectivity index (χ2n) is 3.84. The van der Waals surface area contributed by atoms with Crippen LogP contribution < -0.4 is 5.32 Å². The third-order valence-electron chi connectivity index (χ3n) is 2.58. The fraction of sp³-hybridized carbons (Fsp3) is 0.500. The predicted octanol–water partition coefficient (Wildman–Crippen LogP) is 1.08. The number of aliphatic hydroxyl groups excluding tert-OH is 2. The Morgan fingerprint density at radius 2 is 1.80 bits per heavy atom. The molecule has 3 heteroatoms. The van der Waals surface area contributed by atoms with Gasteiger partial charge in [0.1, 0.15) is 0 Å². The summed E-state index contributed by atoms with van der Waals surface area (Å²) in [4.78, 5) is 0. The molecule has 0 unspecified atom stereocenters. The molecular formula is C12H19NO2. The van der Waals surface area contributed by atoms with Crippen molar-refractivity contribution in [3.8, 4) is 0 Å². The molecule has 0 aromatic heterocycles. The fourth-order valence-corrected chi connectivity index (χ4v) is 1.50. The van der Waals surface area contributed by atoms with Crippen LogP contribution in [-0.2, 0) is 0 Å².